The molecule has 2 aliphatic heterocycles. The van der Waals surface area contributed by atoms with E-state index in [2.05, 4.69) is 21.5 Å². The van der Waals surface area contributed by atoms with Crippen LogP contribution in [0, 0.1) is 24.0 Å². The molecule has 0 saturated carbocycles. The monoisotopic (exact) mass is 549 g/mol. The normalized spacial score (nSPS) is 19.1. The molecule has 2 heterocycles. The zero-order valence-corrected chi connectivity index (χ0v) is 22.9. The lowest BCUT2D eigenvalue weighted by Crippen LogP contribution is -2.51. The van der Waals surface area contributed by atoms with Gasteiger partial charge in [-0.05, 0) is 63.1 Å². The lowest BCUT2D eigenvalue weighted by molar-refractivity contribution is -0.139. The average Bonchev–Trinajstić information content (AvgIpc) is 2.95. The Morgan fingerprint density at radius 1 is 1.07 bits per heavy atom. The van der Waals surface area contributed by atoms with E-state index in [0.717, 1.165) is 31.7 Å². The zero-order chi connectivity index (χ0) is 28.8. The number of benzene rings is 2. The molecule has 2 unspecified atom stereocenters. The Morgan fingerprint density at radius 3 is 2.45 bits per heavy atom. The first kappa shape index (κ1) is 28.8. The summed E-state index contributed by atoms with van der Waals surface area (Å²) in [5.74, 6) is -0.939. The first-order valence-electron chi connectivity index (χ1n) is 13.2. The molecule has 0 bridgehead atoms. The van der Waals surface area contributed by atoms with Crippen LogP contribution in [0.5, 0.6) is 0 Å². The number of allylic oxidation sites excluding steroid dienone is 2. The number of piperazine rings is 1. The second kappa shape index (κ2) is 12.8. The number of dihydropyridines is 1. The largest absolute Gasteiger partial charge is 0.466 e. The van der Waals surface area contributed by atoms with Crippen molar-refractivity contribution in [3.05, 3.63) is 87.8 Å². The summed E-state index contributed by atoms with van der Waals surface area (Å²) in [6.45, 7) is 5.79. The van der Waals surface area contributed by atoms with Gasteiger partial charge in [0, 0.05) is 53.9 Å². The number of esters is 2. The van der Waals surface area contributed by atoms with Gasteiger partial charge in [0.2, 0.25) is 0 Å². The SMILES string of the molecule is C#Cc1cccc(F)c1C1C(C(=O)OC)=C(C)NC(C)=C1C(=O)OCCCC1CNCCN1c1ccc(F)cc1. The molecular weight excluding hydrogens is 516 g/mol. The van der Waals surface area contributed by atoms with Crippen molar-refractivity contribution in [2.24, 2.45) is 0 Å². The third kappa shape index (κ3) is 6.02. The van der Waals surface area contributed by atoms with Gasteiger partial charge in [-0.1, -0.05) is 12.0 Å². The third-order valence-electron chi connectivity index (χ3n) is 7.31. The molecule has 2 N–H and O–H groups in total. The van der Waals surface area contributed by atoms with Crippen LogP contribution in [0.15, 0.2) is 65.0 Å². The summed E-state index contributed by atoms with van der Waals surface area (Å²) in [5, 5.41) is 6.42. The van der Waals surface area contributed by atoms with Crippen LogP contribution in [-0.2, 0) is 19.1 Å². The van der Waals surface area contributed by atoms with Gasteiger partial charge >= 0.3 is 11.9 Å². The standard InChI is InChI=1S/C31H33F2N3O4/c1-5-21-8-6-10-25(33)28(21)29-26(30(37)39-4)19(2)35-20(3)27(29)31(38)40-17-7-9-24-18-34-15-16-36(24)23-13-11-22(32)12-14-23/h1,6,8,10-14,24,29,34-35H,7,9,15-18H2,2-4H3. The number of nitrogens with zero attached hydrogens (tertiary/aromatic N) is 1. The number of methoxy groups -OCH3 is 1. The molecule has 4 rings (SSSR count). The van der Waals surface area contributed by atoms with Crippen LogP contribution in [0.3, 0.4) is 0 Å². The van der Waals surface area contributed by atoms with Crippen molar-refractivity contribution in [1.82, 2.24) is 10.6 Å². The molecule has 2 aliphatic rings. The average molecular weight is 550 g/mol. The number of carbonyl (C=O) groups excluding carboxylic acids is 2. The van der Waals surface area contributed by atoms with Crippen LogP contribution in [0.2, 0.25) is 0 Å². The molecule has 0 aliphatic carbocycles. The molecule has 0 radical (unpaired) electrons. The lowest BCUT2D eigenvalue weighted by Gasteiger charge is -2.38. The second-order valence-corrected chi connectivity index (χ2v) is 9.78. The molecule has 2 aromatic rings. The number of anilines is 1. The van der Waals surface area contributed by atoms with E-state index in [1.54, 1.807) is 32.0 Å². The van der Waals surface area contributed by atoms with E-state index in [0.29, 0.717) is 17.8 Å². The van der Waals surface area contributed by atoms with Crippen molar-refractivity contribution in [2.75, 3.05) is 38.3 Å². The van der Waals surface area contributed by atoms with Gasteiger partial charge in [0.15, 0.2) is 0 Å². The van der Waals surface area contributed by atoms with Gasteiger partial charge < -0.3 is 25.0 Å². The Hall–Kier alpha value is -4.16. The van der Waals surface area contributed by atoms with Crippen molar-refractivity contribution in [2.45, 2.75) is 38.6 Å². The van der Waals surface area contributed by atoms with E-state index in [1.165, 1.54) is 31.4 Å². The molecule has 2 aromatic carbocycles. The summed E-state index contributed by atoms with van der Waals surface area (Å²) in [7, 11) is 1.22. The fourth-order valence-electron chi connectivity index (χ4n) is 5.44. The molecule has 2 atom stereocenters. The highest BCUT2D eigenvalue weighted by molar-refractivity contribution is 6.00. The Morgan fingerprint density at radius 2 is 1.77 bits per heavy atom. The molecule has 0 aromatic heterocycles. The van der Waals surface area contributed by atoms with Gasteiger partial charge in [-0.15, -0.1) is 6.42 Å². The maximum Gasteiger partial charge on any atom is 0.336 e. The van der Waals surface area contributed by atoms with Gasteiger partial charge in [-0.3, -0.25) is 0 Å². The number of hydrogen-bond donors (Lipinski definition) is 2. The smallest absolute Gasteiger partial charge is 0.336 e. The summed E-state index contributed by atoms with van der Waals surface area (Å²) >= 11 is 0. The summed E-state index contributed by atoms with van der Waals surface area (Å²) in [5.41, 5.74) is 2.26. The lowest BCUT2D eigenvalue weighted by atomic mass is 9.78. The van der Waals surface area contributed by atoms with Crippen molar-refractivity contribution >= 4 is 17.6 Å². The van der Waals surface area contributed by atoms with Crippen LogP contribution < -0.4 is 15.5 Å². The predicted octanol–water partition coefficient (Wildman–Crippen LogP) is 4.16. The van der Waals surface area contributed by atoms with E-state index in [1.807, 2.05) is 0 Å². The fraction of sp³-hybridized carbons (Fsp3) is 0.355. The van der Waals surface area contributed by atoms with E-state index in [9.17, 15) is 14.0 Å². The van der Waals surface area contributed by atoms with Gasteiger partial charge in [0.05, 0.1) is 30.8 Å². The highest BCUT2D eigenvalue weighted by atomic mass is 19.1. The highest BCUT2D eigenvalue weighted by Gasteiger charge is 2.40. The Balaban J connectivity index is 1.52. The van der Waals surface area contributed by atoms with Crippen LogP contribution in [-0.4, -0.2) is 51.3 Å². The van der Waals surface area contributed by atoms with E-state index in [4.69, 9.17) is 15.9 Å². The van der Waals surface area contributed by atoms with E-state index >= 15 is 4.39 Å². The number of terminal acetylenes is 1. The number of carbonyl (C=O) groups is 2. The summed E-state index contributed by atoms with van der Waals surface area (Å²) in [6, 6.07) is 10.8. The molecule has 7 nitrogen and oxygen atoms in total. The Kier molecular flexibility index (Phi) is 9.22. The zero-order valence-electron chi connectivity index (χ0n) is 22.9. The number of ether oxygens (including phenoxy) is 2. The number of halogens is 2. The highest BCUT2D eigenvalue weighted by Crippen LogP contribution is 2.41. The molecular formula is C31H33F2N3O4. The Labute approximate surface area is 233 Å². The summed E-state index contributed by atoms with van der Waals surface area (Å²) < 4.78 is 39.4. The number of nitrogens with one attached hydrogen (secondary N) is 2. The van der Waals surface area contributed by atoms with Crippen LogP contribution in [0.1, 0.15) is 43.7 Å². The second-order valence-electron chi connectivity index (χ2n) is 9.78. The van der Waals surface area contributed by atoms with Gasteiger partial charge in [0.25, 0.3) is 0 Å². The quantitative estimate of drug-likeness (QED) is 0.291. The van der Waals surface area contributed by atoms with Gasteiger partial charge in [0.1, 0.15) is 11.6 Å². The molecule has 9 heteroatoms. The molecule has 210 valence electrons. The third-order valence-corrected chi connectivity index (χ3v) is 7.31. The summed E-state index contributed by atoms with van der Waals surface area (Å²) in [6.07, 6.45) is 6.96. The van der Waals surface area contributed by atoms with Crippen LogP contribution in [0.4, 0.5) is 14.5 Å². The first-order chi connectivity index (χ1) is 19.3. The van der Waals surface area contributed by atoms with Gasteiger partial charge in [-0.25, -0.2) is 18.4 Å². The minimum atomic E-state index is -1.11. The first-order valence-corrected chi connectivity index (χ1v) is 13.2. The maximum absolute atomic E-state index is 15.3. The predicted molar refractivity (Wildman–Crippen MR) is 148 cm³/mol. The number of rotatable bonds is 8. The van der Waals surface area contributed by atoms with Gasteiger partial charge in [-0.2, -0.15) is 0 Å². The van der Waals surface area contributed by atoms with E-state index in [-0.39, 0.29) is 40.7 Å². The van der Waals surface area contributed by atoms with E-state index < -0.39 is 23.7 Å². The Bertz CT molecular complexity index is 1380. The van der Waals surface area contributed by atoms with Crippen molar-refractivity contribution in [1.29, 1.82) is 0 Å². The fourth-order valence-corrected chi connectivity index (χ4v) is 5.44. The summed E-state index contributed by atoms with van der Waals surface area (Å²) in [4.78, 5) is 28.6. The molecule has 0 amide bonds. The number of hydrogen-bond acceptors (Lipinski definition) is 7. The minimum absolute atomic E-state index is 0.0424. The van der Waals surface area contributed by atoms with Crippen molar-refractivity contribution in [3.8, 4) is 12.3 Å². The van der Waals surface area contributed by atoms with Crippen molar-refractivity contribution in [3.63, 3.8) is 0 Å². The topological polar surface area (TPSA) is 79.9 Å². The molecule has 40 heavy (non-hydrogen) atoms. The van der Waals surface area contributed by atoms with Crippen LogP contribution >= 0.6 is 0 Å². The minimum Gasteiger partial charge on any atom is -0.466 e. The molecule has 0 spiro atoms. The maximum atomic E-state index is 15.3. The van der Waals surface area contributed by atoms with Crippen molar-refractivity contribution < 1.29 is 27.8 Å². The molecule has 1 fully saturated rings. The molecule has 1 saturated heterocycles. The van der Waals surface area contributed by atoms with Crippen LogP contribution in [0.25, 0.3) is 0 Å².